The van der Waals surface area contributed by atoms with Crippen molar-refractivity contribution in [2.45, 2.75) is 6.42 Å². The van der Waals surface area contributed by atoms with E-state index in [0.29, 0.717) is 12.6 Å². The molecule has 0 fully saturated rings. The topological polar surface area (TPSA) is 74.6 Å². The summed E-state index contributed by atoms with van der Waals surface area (Å²) in [6, 6.07) is 0. The zero-order valence-electron chi connectivity index (χ0n) is 3.57. The molecule has 0 aromatic carbocycles. The lowest BCUT2D eigenvalue weighted by atomic mass is 10.6. The third-order valence-electron chi connectivity index (χ3n) is 0.192. The second-order valence-corrected chi connectivity index (χ2v) is 0.569. The van der Waals surface area contributed by atoms with E-state index in [1.807, 2.05) is 0 Å². The Bertz CT molecular complexity index is 36.2. The van der Waals surface area contributed by atoms with E-state index >= 15 is 0 Å². The third-order valence-corrected chi connectivity index (χ3v) is 0.192. The van der Waals surface area contributed by atoms with Crippen molar-refractivity contribution in [2.24, 2.45) is 0 Å². The highest BCUT2D eigenvalue weighted by Gasteiger charge is 1.65. The van der Waals surface area contributed by atoms with Gasteiger partial charge in [-0.3, -0.25) is 10.5 Å². The largest absolute Gasteiger partial charge is 0.303 e. The van der Waals surface area contributed by atoms with Crippen molar-refractivity contribution in [3.05, 3.63) is 0 Å². The molecule has 0 aliphatic rings. The van der Waals surface area contributed by atoms with Gasteiger partial charge in [-0.05, 0) is 0 Å². The second kappa shape index (κ2) is 18.7. The van der Waals surface area contributed by atoms with Gasteiger partial charge in [0, 0.05) is 0 Å². The van der Waals surface area contributed by atoms with Crippen LogP contribution in [-0.2, 0) is 9.59 Å². The van der Waals surface area contributed by atoms with Crippen LogP contribution in [0.5, 0.6) is 0 Å². The lowest BCUT2D eigenvalue weighted by Gasteiger charge is -1.53. The highest BCUT2D eigenvalue weighted by atomic mass is 17.0. The summed E-state index contributed by atoms with van der Waals surface area (Å²) in [6.45, 7) is 0. The summed E-state index contributed by atoms with van der Waals surface area (Å²) in [6.07, 6.45) is 1.15. The van der Waals surface area contributed by atoms with Crippen molar-refractivity contribution < 1.29 is 20.1 Å². The molecule has 0 amide bonds. The first-order chi connectivity index (χ1) is 3.41. The van der Waals surface area contributed by atoms with Crippen LogP contribution in [0.15, 0.2) is 0 Å². The monoisotopic (exact) mass is 106 g/mol. The number of rotatable bonds is 2. The maximum Gasteiger partial charge on any atom is 0.127 e. The van der Waals surface area contributed by atoms with Crippen LogP contribution in [0.3, 0.4) is 0 Å². The lowest BCUT2D eigenvalue weighted by Crippen LogP contribution is -1.69. The summed E-state index contributed by atoms with van der Waals surface area (Å²) < 4.78 is 0. The van der Waals surface area contributed by atoms with E-state index in [1.54, 1.807) is 0 Å². The average molecular weight is 106 g/mol. The molecular formula is C3H6O4. The van der Waals surface area contributed by atoms with E-state index < -0.39 is 0 Å². The molecule has 2 N–H and O–H groups in total. The predicted molar refractivity (Wildman–Crippen MR) is 22.0 cm³/mol. The van der Waals surface area contributed by atoms with E-state index in [2.05, 4.69) is 0 Å². The van der Waals surface area contributed by atoms with E-state index in [9.17, 15) is 9.59 Å². The molecule has 0 atom stereocenters. The summed E-state index contributed by atoms with van der Waals surface area (Å²) in [5.74, 6) is 0. The summed E-state index contributed by atoms with van der Waals surface area (Å²) in [5, 5.41) is 12.0. The van der Waals surface area contributed by atoms with Gasteiger partial charge >= 0.3 is 0 Å². The van der Waals surface area contributed by atoms with E-state index in [-0.39, 0.29) is 6.42 Å². The third kappa shape index (κ3) is 35.2. The number of aldehydes is 2. The maximum atomic E-state index is 9.17. The molecule has 0 spiro atoms. The second-order valence-electron chi connectivity index (χ2n) is 0.569. The molecule has 0 radical (unpaired) electrons. The molecule has 0 aromatic rings. The summed E-state index contributed by atoms with van der Waals surface area (Å²) in [7, 11) is 0. The van der Waals surface area contributed by atoms with Crippen molar-refractivity contribution in [3.63, 3.8) is 0 Å². The van der Waals surface area contributed by atoms with Crippen LogP contribution in [0.25, 0.3) is 0 Å². The molecule has 0 saturated carbocycles. The van der Waals surface area contributed by atoms with Crippen molar-refractivity contribution in [1.82, 2.24) is 0 Å². The first-order valence-electron chi connectivity index (χ1n) is 1.49. The van der Waals surface area contributed by atoms with Gasteiger partial charge in [0.2, 0.25) is 0 Å². The van der Waals surface area contributed by atoms with Gasteiger partial charge in [0.15, 0.2) is 0 Å². The number of carbonyl (C=O) groups is 2. The van der Waals surface area contributed by atoms with Crippen LogP contribution in [0.2, 0.25) is 0 Å². The molecule has 0 aromatic heterocycles. The normalized spacial score (nSPS) is 5.43. The number of carbonyl (C=O) groups excluding carboxylic acids is 2. The van der Waals surface area contributed by atoms with Gasteiger partial charge in [0.05, 0.1) is 6.42 Å². The SMILES string of the molecule is O=CCC=O.OO. The minimum absolute atomic E-state index is 0.0278. The Kier molecular flexibility index (Phi) is 25.5. The van der Waals surface area contributed by atoms with Crippen molar-refractivity contribution in [3.8, 4) is 0 Å². The van der Waals surface area contributed by atoms with Gasteiger partial charge in [0.1, 0.15) is 12.6 Å². The first-order valence-corrected chi connectivity index (χ1v) is 1.49. The minimum atomic E-state index is 0.0278. The summed E-state index contributed by atoms with van der Waals surface area (Å²) in [5.41, 5.74) is 0. The molecule has 0 heterocycles. The van der Waals surface area contributed by atoms with Gasteiger partial charge in [-0.1, -0.05) is 0 Å². The smallest absolute Gasteiger partial charge is 0.127 e. The summed E-state index contributed by atoms with van der Waals surface area (Å²) >= 11 is 0. The molecule has 0 bridgehead atoms. The first kappa shape index (κ1) is 9.54. The Morgan fingerprint density at radius 1 is 1.14 bits per heavy atom. The van der Waals surface area contributed by atoms with E-state index in [0.717, 1.165) is 0 Å². The van der Waals surface area contributed by atoms with E-state index in [1.165, 1.54) is 0 Å². The van der Waals surface area contributed by atoms with Crippen LogP contribution in [-0.4, -0.2) is 23.1 Å². The maximum absolute atomic E-state index is 9.17. The standard InChI is InChI=1S/C3H4O2.H2O2/c4-2-1-3-5;1-2/h2-3H,1H2;1-2H. The molecule has 0 saturated heterocycles. The van der Waals surface area contributed by atoms with Crippen LogP contribution in [0.1, 0.15) is 6.42 Å². The fourth-order valence-electron chi connectivity index (χ4n) is 0.0393. The summed E-state index contributed by atoms with van der Waals surface area (Å²) in [4.78, 5) is 18.3. The van der Waals surface area contributed by atoms with Crippen molar-refractivity contribution in [1.29, 1.82) is 0 Å². The predicted octanol–water partition coefficient (Wildman–Crippen LogP) is -0.208. The molecule has 42 valence electrons. The minimum Gasteiger partial charge on any atom is -0.303 e. The fraction of sp³-hybridized carbons (Fsp3) is 0.333. The van der Waals surface area contributed by atoms with Crippen molar-refractivity contribution >= 4 is 12.6 Å². The Labute approximate surface area is 40.3 Å². The van der Waals surface area contributed by atoms with Crippen LogP contribution in [0.4, 0.5) is 0 Å². The molecule has 7 heavy (non-hydrogen) atoms. The Morgan fingerprint density at radius 2 is 1.43 bits per heavy atom. The van der Waals surface area contributed by atoms with Gasteiger partial charge in [-0.15, -0.1) is 0 Å². The van der Waals surface area contributed by atoms with Crippen molar-refractivity contribution in [2.75, 3.05) is 0 Å². The zero-order valence-corrected chi connectivity index (χ0v) is 3.57. The molecule has 4 nitrogen and oxygen atoms in total. The molecule has 4 heteroatoms. The highest BCUT2D eigenvalue weighted by Crippen LogP contribution is 1.50. The lowest BCUT2D eigenvalue weighted by molar-refractivity contribution is -0.176. The molecule has 0 rings (SSSR count). The molecular weight excluding hydrogens is 100 g/mol. The number of hydrogen-bond acceptors (Lipinski definition) is 4. The van der Waals surface area contributed by atoms with Crippen LogP contribution < -0.4 is 0 Å². The Morgan fingerprint density at radius 3 is 1.43 bits per heavy atom. The average Bonchev–Trinajstić information content (AvgIpc) is 1.75. The van der Waals surface area contributed by atoms with E-state index in [4.69, 9.17) is 10.5 Å². The van der Waals surface area contributed by atoms with Gasteiger partial charge in [-0.2, -0.15) is 0 Å². The van der Waals surface area contributed by atoms with Crippen LogP contribution >= 0.6 is 0 Å². The Balaban J connectivity index is 0. The highest BCUT2D eigenvalue weighted by molar-refractivity contribution is 5.72. The quantitative estimate of drug-likeness (QED) is 0.221. The van der Waals surface area contributed by atoms with Gasteiger partial charge < -0.3 is 9.59 Å². The van der Waals surface area contributed by atoms with Gasteiger partial charge in [0.25, 0.3) is 0 Å². The van der Waals surface area contributed by atoms with Gasteiger partial charge in [-0.25, -0.2) is 0 Å². The fourth-order valence-corrected chi connectivity index (χ4v) is 0.0393. The molecule has 0 aliphatic carbocycles. The van der Waals surface area contributed by atoms with Crippen LogP contribution in [0, 0.1) is 0 Å². The molecule has 0 unspecified atom stereocenters. The molecule has 0 aliphatic heterocycles. The zero-order chi connectivity index (χ0) is 6.12. The number of hydrogen-bond donors (Lipinski definition) is 2. The Hall–Kier alpha value is -0.740.